The summed E-state index contributed by atoms with van der Waals surface area (Å²) in [7, 11) is -10.4. The summed E-state index contributed by atoms with van der Waals surface area (Å²) in [4.78, 5) is 38.1. The molecule has 0 aliphatic carbocycles. The van der Waals surface area contributed by atoms with E-state index in [0.29, 0.717) is 0 Å². The molecule has 1 aliphatic rings. The molecular formula is C10H15Ba3N5O10P2. The second kappa shape index (κ2) is 13.5. The largest absolute Gasteiger partial charge is 0.481 e. The predicted molar refractivity (Wildman–Crippen MR) is 102 cm³/mol. The average molecular weight is 839 g/mol. The SMILES string of the molecule is Nc1ncnc2c1ncn2C1OC(COP(=O)(O)OP(=O)(O)O)C(O)C1O.[Ba].[Ba].[Ba]. The van der Waals surface area contributed by atoms with E-state index < -0.39 is 46.8 Å². The Bertz CT molecular complexity index is 946. The molecule has 2 aromatic heterocycles. The molecule has 1 saturated heterocycles. The van der Waals surface area contributed by atoms with Crippen molar-refractivity contribution in [3.05, 3.63) is 12.7 Å². The second-order valence-corrected chi connectivity index (χ2v) is 8.30. The molecule has 6 radical (unpaired) electrons. The molecule has 7 N–H and O–H groups in total. The van der Waals surface area contributed by atoms with Crippen LogP contribution in [0.15, 0.2) is 12.7 Å². The quantitative estimate of drug-likeness (QED) is 0.127. The fraction of sp³-hybridized carbons (Fsp3) is 0.500. The Labute approximate surface area is 289 Å². The van der Waals surface area contributed by atoms with E-state index in [-0.39, 0.29) is 164 Å². The Morgan fingerprint density at radius 2 is 1.73 bits per heavy atom. The van der Waals surface area contributed by atoms with Crippen LogP contribution in [-0.2, 0) is 22.7 Å². The van der Waals surface area contributed by atoms with Crippen molar-refractivity contribution in [2.45, 2.75) is 24.5 Å². The molecule has 20 heteroatoms. The van der Waals surface area contributed by atoms with Crippen LogP contribution in [0.5, 0.6) is 0 Å². The number of phosphoric acid groups is 2. The Morgan fingerprint density at radius 3 is 2.33 bits per heavy atom. The van der Waals surface area contributed by atoms with Crippen LogP contribution in [0.1, 0.15) is 6.23 Å². The van der Waals surface area contributed by atoms with Crippen molar-refractivity contribution >= 4 is 179 Å². The standard InChI is InChI=1S/C10H15N5O10P2.3Ba/c11-8-5-9(13-2-12-8)15(3-14-5)10-7(17)6(16)4(24-10)1-23-27(21,22)25-26(18,19)20;;;/h2-4,6-7,10,16-17H,1H2,(H,21,22)(H2,11,12,13)(H2,18,19,20);;;. The van der Waals surface area contributed by atoms with E-state index in [9.17, 15) is 24.2 Å². The minimum Gasteiger partial charge on any atom is -0.387 e. The number of aromatic nitrogens is 4. The predicted octanol–water partition coefficient (Wildman–Crippen LogP) is -2.89. The van der Waals surface area contributed by atoms with E-state index >= 15 is 0 Å². The number of nitrogens with zero attached hydrogens (tertiary/aromatic N) is 4. The fourth-order valence-electron chi connectivity index (χ4n) is 2.48. The number of phosphoric ester groups is 1. The smallest absolute Gasteiger partial charge is 0.387 e. The average Bonchev–Trinajstić information content (AvgIpc) is 3.07. The maximum atomic E-state index is 11.5. The van der Waals surface area contributed by atoms with Gasteiger partial charge in [-0.3, -0.25) is 9.09 Å². The van der Waals surface area contributed by atoms with E-state index in [1.165, 1.54) is 10.9 Å². The van der Waals surface area contributed by atoms with Crippen LogP contribution in [0, 0.1) is 0 Å². The minimum absolute atomic E-state index is 0. The van der Waals surface area contributed by atoms with Gasteiger partial charge in [-0.25, -0.2) is 24.1 Å². The zero-order valence-electron chi connectivity index (χ0n) is 15.3. The topological polar surface area (TPSA) is 233 Å². The van der Waals surface area contributed by atoms with Gasteiger partial charge in [0.1, 0.15) is 30.2 Å². The normalized spacial score (nSPS) is 25.6. The molecule has 0 amide bonds. The number of hydrogen-bond acceptors (Lipinski definition) is 11. The van der Waals surface area contributed by atoms with Crippen LogP contribution < -0.4 is 5.73 Å². The molecule has 0 spiro atoms. The van der Waals surface area contributed by atoms with Crippen LogP contribution in [0.4, 0.5) is 5.82 Å². The summed E-state index contributed by atoms with van der Waals surface area (Å²) in [5, 5.41) is 20.3. The first kappa shape index (κ1) is 33.2. The molecule has 0 aromatic carbocycles. The summed E-state index contributed by atoms with van der Waals surface area (Å²) >= 11 is 0. The molecule has 2 aromatic rings. The number of nitrogen functional groups attached to an aromatic ring is 1. The molecule has 15 nitrogen and oxygen atoms in total. The molecule has 1 fully saturated rings. The molecule has 0 saturated carbocycles. The number of rotatable bonds is 6. The Hall–Kier alpha value is 3.20. The van der Waals surface area contributed by atoms with Crippen LogP contribution >= 0.6 is 15.6 Å². The number of aliphatic hydroxyl groups is 2. The number of ether oxygens (including phenoxy) is 1. The molecule has 30 heavy (non-hydrogen) atoms. The molecule has 5 unspecified atom stereocenters. The van der Waals surface area contributed by atoms with Gasteiger partial charge in [-0.15, -0.1) is 0 Å². The van der Waals surface area contributed by atoms with Gasteiger partial charge in [0.25, 0.3) is 0 Å². The molecule has 0 bridgehead atoms. The van der Waals surface area contributed by atoms with E-state index in [0.717, 1.165) is 6.33 Å². The zero-order chi connectivity index (χ0) is 20.0. The first-order chi connectivity index (χ1) is 12.5. The summed E-state index contributed by atoms with van der Waals surface area (Å²) < 4.78 is 36.8. The molecule has 3 rings (SSSR count). The third kappa shape index (κ3) is 8.40. The van der Waals surface area contributed by atoms with Gasteiger partial charge in [-0.1, -0.05) is 0 Å². The van der Waals surface area contributed by atoms with Crippen molar-refractivity contribution in [1.82, 2.24) is 19.5 Å². The van der Waals surface area contributed by atoms with Crippen molar-refractivity contribution < 1.29 is 47.6 Å². The van der Waals surface area contributed by atoms with Gasteiger partial charge in [0.05, 0.1) is 12.9 Å². The van der Waals surface area contributed by atoms with Crippen LogP contribution in [0.2, 0.25) is 0 Å². The molecule has 3 heterocycles. The Morgan fingerprint density at radius 1 is 1.10 bits per heavy atom. The number of fused-ring (bicyclic) bond motifs is 1. The first-order valence-corrected chi connectivity index (χ1v) is 10.2. The summed E-state index contributed by atoms with van der Waals surface area (Å²) in [5.74, 6) is 0.0856. The van der Waals surface area contributed by atoms with Crippen molar-refractivity contribution in [2.75, 3.05) is 12.3 Å². The van der Waals surface area contributed by atoms with Crippen LogP contribution in [0.25, 0.3) is 11.2 Å². The summed E-state index contributed by atoms with van der Waals surface area (Å²) in [5.41, 5.74) is 6.11. The Balaban J connectivity index is 0.00000280. The summed E-state index contributed by atoms with van der Waals surface area (Å²) in [6.07, 6.45) is -3.20. The first-order valence-electron chi connectivity index (χ1n) is 7.17. The van der Waals surface area contributed by atoms with Gasteiger partial charge in [-0.2, -0.15) is 4.31 Å². The maximum Gasteiger partial charge on any atom is 0.481 e. The second-order valence-electron chi connectivity index (χ2n) is 5.47. The number of hydrogen-bond donors (Lipinski definition) is 6. The third-order valence-corrected chi connectivity index (χ3v) is 5.76. The number of anilines is 1. The van der Waals surface area contributed by atoms with E-state index in [4.69, 9.17) is 20.3 Å². The van der Waals surface area contributed by atoms with Gasteiger partial charge in [0.15, 0.2) is 17.7 Å². The summed E-state index contributed by atoms with van der Waals surface area (Å²) in [6, 6.07) is 0. The van der Waals surface area contributed by atoms with Crippen molar-refractivity contribution in [1.29, 1.82) is 0 Å². The van der Waals surface area contributed by atoms with E-state index in [1.807, 2.05) is 0 Å². The molecular weight excluding hydrogens is 824 g/mol. The van der Waals surface area contributed by atoms with Crippen LogP contribution in [-0.4, -0.2) is 216 Å². The Kier molecular flexibility index (Phi) is 14.9. The third-order valence-electron chi connectivity index (χ3n) is 3.61. The van der Waals surface area contributed by atoms with E-state index in [1.54, 1.807) is 0 Å². The van der Waals surface area contributed by atoms with Crippen molar-refractivity contribution in [3.63, 3.8) is 0 Å². The van der Waals surface area contributed by atoms with Gasteiger partial charge in [0, 0.05) is 147 Å². The van der Waals surface area contributed by atoms with Crippen molar-refractivity contribution in [2.24, 2.45) is 0 Å². The van der Waals surface area contributed by atoms with Gasteiger partial charge in [0.2, 0.25) is 0 Å². The molecule has 1 aliphatic heterocycles. The van der Waals surface area contributed by atoms with Gasteiger partial charge < -0.3 is 35.4 Å². The number of imidazole rings is 1. The number of aliphatic hydroxyl groups excluding tert-OH is 2. The van der Waals surface area contributed by atoms with Crippen LogP contribution in [0.3, 0.4) is 0 Å². The minimum atomic E-state index is -5.29. The van der Waals surface area contributed by atoms with Gasteiger partial charge >= 0.3 is 15.6 Å². The maximum absolute atomic E-state index is 11.5. The van der Waals surface area contributed by atoms with Crippen molar-refractivity contribution in [3.8, 4) is 0 Å². The molecule has 156 valence electrons. The zero-order valence-corrected chi connectivity index (χ0v) is 30.4. The fourth-order valence-corrected chi connectivity index (χ4v) is 4.08. The van der Waals surface area contributed by atoms with E-state index in [2.05, 4.69) is 23.8 Å². The number of nitrogens with two attached hydrogens (primary N) is 1. The monoisotopic (exact) mass is 841 g/mol. The molecule has 5 atom stereocenters. The van der Waals surface area contributed by atoms with Gasteiger partial charge in [-0.05, 0) is 0 Å². The summed E-state index contributed by atoms with van der Waals surface area (Å²) in [6.45, 7) is -0.813.